The molecule has 1 amide bonds. The Morgan fingerprint density at radius 3 is 2.30 bits per heavy atom. The smallest absolute Gasteiger partial charge is 0.243 e. The van der Waals surface area contributed by atoms with Gasteiger partial charge in [0.2, 0.25) is 15.9 Å². The van der Waals surface area contributed by atoms with Crippen LogP contribution in [0.15, 0.2) is 47.4 Å². The molecule has 7 heteroatoms. The summed E-state index contributed by atoms with van der Waals surface area (Å²) in [5.41, 5.74) is 8.76. The van der Waals surface area contributed by atoms with Gasteiger partial charge in [-0.15, -0.1) is 0 Å². The van der Waals surface area contributed by atoms with Gasteiger partial charge in [-0.25, -0.2) is 8.42 Å². The summed E-state index contributed by atoms with van der Waals surface area (Å²) in [4.78, 5) is 12.8. The lowest BCUT2D eigenvalue weighted by Gasteiger charge is -2.31. The molecule has 2 aromatic rings. The van der Waals surface area contributed by atoms with Crippen molar-refractivity contribution >= 4 is 27.3 Å². The number of rotatable bonds is 4. The lowest BCUT2D eigenvalue weighted by atomic mass is 9.97. The van der Waals surface area contributed by atoms with Crippen LogP contribution >= 0.6 is 0 Å². The molecule has 2 aromatic carbocycles. The molecule has 6 nitrogen and oxygen atoms in total. The van der Waals surface area contributed by atoms with Crippen molar-refractivity contribution in [2.24, 2.45) is 5.92 Å². The first kappa shape index (κ1) is 19.4. The van der Waals surface area contributed by atoms with Gasteiger partial charge in [-0.1, -0.05) is 17.7 Å². The fourth-order valence-electron chi connectivity index (χ4n) is 3.40. The van der Waals surface area contributed by atoms with Gasteiger partial charge in [0.05, 0.1) is 4.90 Å². The van der Waals surface area contributed by atoms with Gasteiger partial charge in [0.25, 0.3) is 0 Å². The van der Waals surface area contributed by atoms with Crippen LogP contribution in [-0.4, -0.2) is 31.7 Å². The zero-order valence-electron chi connectivity index (χ0n) is 15.6. The van der Waals surface area contributed by atoms with Gasteiger partial charge < -0.3 is 11.1 Å². The van der Waals surface area contributed by atoms with Crippen LogP contribution in [0.3, 0.4) is 0 Å². The van der Waals surface area contributed by atoms with E-state index in [4.69, 9.17) is 5.73 Å². The molecule has 0 unspecified atom stereocenters. The number of piperidine rings is 1. The summed E-state index contributed by atoms with van der Waals surface area (Å²) < 4.78 is 27.3. The van der Waals surface area contributed by atoms with Crippen molar-refractivity contribution < 1.29 is 13.2 Å². The quantitative estimate of drug-likeness (QED) is 0.789. The highest BCUT2D eigenvalue weighted by molar-refractivity contribution is 7.89. The third-order valence-electron chi connectivity index (χ3n) is 4.95. The maximum atomic E-state index is 12.9. The van der Waals surface area contributed by atoms with Gasteiger partial charge >= 0.3 is 0 Å². The van der Waals surface area contributed by atoms with Crippen LogP contribution in [0.1, 0.15) is 24.0 Å². The maximum absolute atomic E-state index is 12.9. The van der Waals surface area contributed by atoms with E-state index in [-0.39, 0.29) is 11.8 Å². The highest BCUT2D eigenvalue weighted by atomic mass is 32.2. The first-order valence-corrected chi connectivity index (χ1v) is 10.4. The van der Waals surface area contributed by atoms with Gasteiger partial charge in [-0.05, 0) is 62.6 Å². The zero-order chi connectivity index (χ0) is 19.6. The predicted octanol–water partition coefficient (Wildman–Crippen LogP) is 2.93. The minimum atomic E-state index is -3.53. The third-order valence-corrected chi connectivity index (χ3v) is 7.01. The number of benzene rings is 2. The number of hydrogen-bond acceptors (Lipinski definition) is 4. The van der Waals surface area contributed by atoms with Crippen molar-refractivity contribution in [1.82, 2.24) is 4.31 Å². The number of amides is 1. The number of nitrogens with two attached hydrogens (primary N) is 1. The van der Waals surface area contributed by atoms with Crippen LogP contribution in [0.25, 0.3) is 0 Å². The van der Waals surface area contributed by atoms with Crippen LogP contribution in [-0.2, 0) is 14.8 Å². The van der Waals surface area contributed by atoms with Crippen LogP contribution in [0.5, 0.6) is 0 Å². The molecule has 1 aliphatic rings. The SMILES string of the molecule is Cc1ccc(S(=O)(=O)N2CCC(C(=O)Nc3ccc(N)cc3)CC2)c(C)c1. The second-order valence-corrected chi connectivity index (χ2v) is 8.96. The van der Waals surface area contributed by atoms with Crippen molar-refractivity contribution in [3.63, 3.8) is 0 Å². The zero-order valence-corrected chi connectivity index (χ0v) is 16.4. The summed E-state index contributed by atoms with van der Waals surface area (Å²) in [6, 6.07) is 12.3. The van der Waals surface area contributed by atoms with E-state index in [0.29, 0.717) is 42.2 Å². The molecule has 0 spiro atoms. The van der Waals surface area contributed by atoms with E-state index < -0.39 is 10.0 Å². The minimum absolute atomic E-state index is 0.0802. The predicted molar refractivity (Wildman–Crippen MR) is 107 cm³/mol. The van der Waals surface area contributed by atoms with Gasteiger partial charge in [0.1, 0.15) is 0 Å². The number of sulfonamides is 1. The van der Waals surface area contributed by atoms with E-state index in [1.807, 2.05) is 26.0 Å². The van der Waals surface area contributed by atoms with E-state index in [1.165, 1.54) is 4.31 Å². The van der Waals surface area contributed by atoms with E-state index in [2.05, 4.69) is 5.32 Å². The Labute approximate surface area is 160 Å². The first-order valence-electron chi connectivity index (χ1n) is 9.01. The van der Waals surface area contributed by atoms with E-state index >= 15 is 0 Å². The molecule has 0 radical (unpaired) electrons. The molecule has 1 saturated heterocycles. The molecular weight excluding hydrogens is 362 g/mol. The lowest BCUT2D eigenvalue weighted by Crippen LogP contribution is -2.41. The number of aryl methyl sites for hydroxylation is 2. The number of carbonyl (C=O) groups is 1. The molecule has 1 fully saturated rings. The Morgan fingerprint density at radius 1 is 1.07 bits per heavy atom. The van der Waals surface area contributed by atoms with Crippen molar-refractivity contribution in [3.05, 3.63) is 53.6 Å². The number of anilines is 2. The maximum Gasteiger partial charge on any atom is 0.243 e. The summed E-state index contributed by atoms with van der Waals surface area (Å²) in [7, 11) is -3.53. The minimum Gasteiger partial charge on any atom is -0.399 e. The normalized spacial score (nSPS) is 16.2. The van der Waals surface area contributed by atoms with Crippen molar-refractivity contribution in [2.75, 3.05) is 24.1 Å². The van der Waals surface area contributed by atoms with Gasteiger partial charge in [-0.3, -0.25) is 4.79 Å². The Bertz CT molecular complexity index is 931. The van der Waals surface area contributed by atoms with Gasteiger partial charge in [0.15, 0.2) is 0 Å². The number of carbonyl (C=O) groups excluding carboxylic acids is 1. The lowest BCUT2D eigenvalue weighted by molar-refractivity contribution is -0.120. The Balaban J connectivity index is 1.64. The van der Waals surface area contributed by atoms with Crippen molar-refractivity contribution in [1.29, 1.82) is 0 Å². The molecule has 0 saturated carbocycles. The fourth-order valence-corrected chi connectivity index (χ4v) is 5.07. The van der Waals surface area contributed by atoms with Crippen LogP contribution < -0.4 is 11.1 Å². The van der Waals surface area contributed by atoms with Crippen LogP contribution in [0.4, 0.5) is 11.4 Å². The molecule has 3 rings (SSSR count). The number of hydrogen-bond donors (Lipinski definition) is 2. The Kier molecular flexibility index (Phi) is 5.53. The molecule has 144 valence electrons. The standard InChI is InChI=1S/C20H25N3O3S/c1-14-3-8-19(15(2)13-14)27(25,26)23-11-9-16(10-12-23)20(24)22-18-6-4-17(21)5-7-18/h3-8,13,16H,9-12,21H2,1-2H3,(H,22,24). The summed E-state index contributed by atoms with van der Waals surface area (Å²) in [6.07, 6.45) is 1.01. The highest BCUT2D eigenvalue weighted by Gasteiger charge is 2.32. The molecule has 27 heavy (non-hydrogen) atoms. The molecule has 0 aliphatic carbocycles. The number of nitrogens with zero attached hydrogens (tertiary/aromatic N) is 1. The summed E-state index contributed by atoms with van der Waals surface area (Å²) in [5, 5.41) is 2.88. The topological polar surface area (TPSA) is 92.5 Å². The van der Waals surface area contributed by atoms with Crippen LogP contribution in [0.2, 0.25) is 0 Å². The molecule has 1 aliphatic heterocycles. The second-order valence-electron chi connectivity index (χ2n) is 7.06. The van der Waals surface area contributed by atoms with Gasteiger partial charge in [-0.2, -0.15) is 4.31 Å². The third kappa shape index (κ3) is 4.31. The molecule has 0 bridgehead atoms. The first-order chi connectivity index (χ1) is 12.8. The number of nitrogens with one attached hydrogen (secondary N) is 1. The average molecular weight is 388 g/mol. The largest absolute Gasteiger partial charge is 0.399 e. The second kappa shape index (κ2) is 7.70. The molecule has 0 atom stereocenters. The molecule has 3 N–H and O–H groups in total. The van der Waals surface area contributed by atoms with E-state index in [0.717, 1.165) is 11.1 Å². The van der Waals surface area contributed by atoms with Gasteiger partial charge in [0, 0.05) is 30.4 Å². The van der Waals surface area contributed by atoms with Crippen molar-refractivity contribution in [3.8, 4) is 0 Å². The van der Waals surface area contributed by atoms with E-state index in [1.54, 1.807) is 30.3 Å². The molecular formula is C20H25N3O3S. The average Bonchev–Trinajstić information content (AvgIpc) is 2.63. The fraction of sp³-hybridized carbons (Fsp3) is 0.350. The highest BCUT2D eigenvalue weighted by Crippen LogP contribution is 2.27. The van der Waals surface area contributed by atoms with Crippen LogP contribution in [0, 0.1) is 19.8 Å². The van der Waals surface area contributed by atoms with Crippen molar-refractivity contribution in [2.45, 2.75) is 31.6 Å². The summed E-state index contributed by atoms with van der Waals surface area (Å²) in [5.74, 6) is -0.281. The Hall–Kier alpha value is -2.38. The summed E-state index contributed by atoms with van der Waals surface area (Å²) in [6.45, 7) is 4.44. The monoisotopic (exact) mass is 387 g/mol. The Morgan fingerprint density at radius 2 is 1.70 bits per heavy atom. The number of nitrogen functional groups attached to an aromatic ring is 1. The molecule has 1 heterocycles. The summed E-state index contributed by atoms with van der Waals surface area (Å²) >= 11 is 0. The molecule has 0 aromatic heterocycles. The van der Waals surface area contributed by atoms with E-state index in [9.17, 15) is 13.2 Å².